The molecule has 0 aliphatic heterocycles. The number of benzene rings is 3. The Balaban J connectivity index is 1.80. The molecule has 3 aromatic carbocycles. The molecule has 0 unspecified atom stereocenters. The molecule has 1 heterocycles. The van der Waals surface area contributed by atoms with E-state index in [9.17, 15) is 13.2 Å². The molecule has 0 radical (unpaired) electrons. The van der Waals surface area contributed by atoms with Crippen molar-refractivity contribution < 1.29 is 13.2 Å². The number of hydrogen-bond acceptors (Lipinski definition) is 2. The Labute approximate surface area is 167 Å². The van der Waals surface area contributed by atoms with Gasteiger partial charge in [0, 0.05) is 16.1 Å². The maximum atomic E-state index is 13.4. The molecule has 4 aromatic rings. The fraction of sp³-hybridized carbons (Fsp3) is 0. The van der Waals surface area contributed by atoms with Crippen molar-refractivity contribution in [3.05, 3.63) is 94.7 Å². The number of halogens is 4. The molecule has 0 bridgehead atoms. The van der Waals surface area contributed by atoms with Crippen molar-refractivity contribution in [2.45, 2.75) is 0 Å². The van der Waals surface area contributed by atoms with Crippen molar-refractivity contribution in [1.29, 1.82) is 0 Å². The molecule has 3 nitrogen and oxygen atoms in total. The smallest absolute Gasteiger partial charge is 0.134 e. The molecule has 1 aromatic heterocycles. The molecule has 0 saturated carbocycles. The van der Waals surface area contributed by atoms with Gasteiger partial charge in [-0.2, -0.15) is 5.10 Å². The van der Waals surface area contributed by atoms with Gasteiger partial charge in [-0.3, -0.25) is 0 Å². The molecule has 28 heavy (non-hydrogen) atoms. The van der Waals surface area contributed by atoms with Crippen molar-refractivity contribution in [2.24, 2.45) is 0 Å². The molecule has 0 atom stereocenters. The molecule has 0 aliphatic rings. The number of anilines is 2. The molecule has 0 spiro atoms. The van der Waals surface area contributed by atoms with Gasteiger partial charge in [0.1, 0.15) is 23.3 Å². The van der Waals surface area contributed by atoms with Crippen molar-refractivity contribution in [2.75, 3.05) is 5.32 Å². The first kappa shape index (κ1) is 18.3. The number of hydrogen-bond donors (Lipinski definition) is 1. The topological polar surface area (TPSA) is 29.9 Å². The Morgan fingerprint density at radius 3 is 2.00 bits per heavy atom. The van der Waals surface area contributed by atoms with E-state index in [1.807, 2.05) is 0 Å². The zero-order chi connectivity index (χ0) is 19.7. The summed E-state index contributed by atoms with van der Waals surface area (Å²) in [6.07, 6.45) is 0. The van der Waals surface area contributed by atoms with Crippen LogP contribution in [0.3, 0.4) is 0 Å². The lowest BCUT2D eigenvalue weighted by atomic mass is 10.1. The summed E-state index contributed by atoms with van der Waals surface area (Å²) in [6.45, 7) is 0. The third kappa shape index (κ3) is 3.80. The van der Waals surface area contributed by atoms with E-state index in [0.717, 1.165) is 5.56 Å². The summed E-state index contributed by atoms with van der Waals surface area (Å²) in [6, 6.07) is 17.9. The monoisotopic (exact) mass is 443 g/mol. The Hall–Kier alpha value is -3.06. The largest absolute Gasteiger partial charge is 0.339 e. The summed E-state index contributed by atoms with van der Waals surface area (Å²) in [5.74, 6) is -0.476. The van der Waals surface area contributed by atoms with Gasteiger partial charge in [0.2, 0.25) is 0 Å². The first-order chi connectivity index (χ1) is 13.5. The van der Waals surface area contributed by atoms with E-state index in [0.29, 0.717) is 27.4 Å². The molecular weight excluding hydrogens is 431 g/mol. The van der Waals surface area contributed by atoms with E-state index in [1.54, 1.807) is 41.1 Å². The summed E-state index contributed by atoms with van der Waals surface area (Å²) < 4.78 is 42.1. The number of nitrogens with one attached hydrogen (secondary N) is 1. The summed E-state index contributed by atoms with van der Waals surface area (Å²) in [5, 5.41) is 7.78. The lowest BCUT2D eigenvalue weighted by Gasteiger charge is -2.11. The Morgan fingerprint density at radius 2 is 1.36 bits per heavy atom. The second-order valence-corrected chi connectivity index (χ2v) is 6.91. The second kappa shape index (κ2) is 7.52. The highest BCUT2D eigenvalue weighted by molar-refractivity contribution is 9.10. The van der Waals surface area contributed by atoms with Crippen molar-refractivity contribution in [3.63, 3.8) is 0 Å². The highest BCUT2D eigenvalue weighted by atomic mass is 79.9. The predicted octanol–water partition coefficient (Wildman–Crippen LogP) is 6.46. The van der Waals surface area contributed by atoms with Crippen LogP contribution in [0.1, 0.15) is 0 Å². The lowest BCUT2D eigenvalue weighted by Crippen LogP contribution is -2.03. The minimum absolute atomic E-state index is 0.338. The number of rotatable bonds is 4. The van der Waals surface area contributed by atoms with E-state index in [4.69, 9.17) is 0 Å². The third-order valence-corrected chi connectivity index (χ3v) is 4.77. The lowest BCUT2D eigenvalue weighted by molar-refractivity contribution is 0.627. The van der Waals surface area contributed by atoms with Crippen molar-refractivity contribution in [3.8, 4) is 16.9 Å². The predicted molar refractivity (Wildman–Crippen MR) is 106 cm³/mol. The van der Waals surface area contributed by atoms with Crippen LogP contribution in [-0.2, 0) is 0 Å². The van der Waals surface area contributed by atoms with Crippen LogP contribution in [0.2, 0.25) is 0 Å². The van der Waals surface area contributed by atoms with E-state index >= 15 is 0 Å². The van der Waals surface area contributed by atoms with Crippen LogP contribution >= 0.6 is 15.9 Å². The van der Waals surface area contributed by atoms with E-state index in [2.05, 4.69) is 26.3 Å². The third-order valence-electron chi connectivity index (χ3n) is 4.11. The van der Waals surface area contributed by atoms with Crippen LogP contribution in [-0.4, -0.2) is 9.78 Å². The SMILES string of the molecule is Fc1ccc(-c2cc(Nc3ccc(F)cc3Br)n(-c3ccc(F)cc3)n2)cc1. The fourth-order valence-electron chi connectivity index (χ4n) is 2.74. The summed E-state index contributed by atoms with van der Waals surface area (Å²) in [7, 11) is 0. The highest BCUT2D eigenvalue weighted by Gasteiger charge is 2.13. The summed E-state index contributed by atoms with van der Waals surface area (Å²) in [4.78, 5) is 0. The summed E-state index contributed by atoms with van der Waals surface area (Å²) in [5.41, 5.74) is 2.60. The Bertz CT molecular complexity index is 1120. The van der Waals surface area contributed by atoms with E-state index in [-0.39, 0.29) is 17.5 Å². The maximum absolute atomic E-state index is 13.4. The van der Waals surface area contributed by atoms with Gasteiger partial charge in [-0.15, -0.1) is 0 Å². The second-order valence-electron chi connectivity index (χ2n) is 6.06. The van der Waals surface area contributed by atoms with Crippen LogP contribution in [0.5, 0.6) is 0 Å². The quantitative estimate of drug-likeness (QED) is 0.392. The van der Waals surface area contributed by atoms with Crippen LogP contribution in [0.4, 0.5) is 24.7 Å². The van der Waals surface area contributed by atoms with Crippen LogP contribution in [0.25, 0.3) is 16.9 Å². The molecule has 0 fully saturated rings. The van der Waals surface area contributed by atoms with Gasteiger partial charge in [0.25, 0.3) is 0 Å². The molecule has 4 rings (SSSR count). The molecular formula is C21H13BrF3N3. The Kier molecular flexibility index (Phi) is 4.92. The molecule has 1 N–H and O–H groups in total. The standard InChI is InChI=1S/C21H13BrF3N3/c22-18-11-16(25)7-10-19(18)26-21-12-20(13-1-3-14(23)4-2-13)27-28(21)17-8-5-15(24)6-9-17/h1-12,26H. The average Bonchev–Trinajstić information content (AvgIpc) is 3.09. The number of aromatic nitrogens is 2. The molecule has 7 heteroatoms. The number of nitrogens with zero attached hydrogens (tertiary/aromatic N) is 2. The van der Waals surface area contributed by atoms with Gasteiger partial charge in [-0.25, -0.2) is 17.9 Å². The van der Waals surface area contributed by atoms with Gasteiger partial charge >= 0.3 is 0 Å². The highest BCUT2D eigenvalue weighted by Crippen LogP contribution is 2.31. The molecule has 0 amide bonds. The van der Waals surface area contributed by atoms with Gasteiger partial charge in [-0.1, -0.05) is 0 Å². The van der Waals surface area contributed by atoms with Crippen molar-refractivity contribution in [1.82, 2.24) is 9.78 Å². The zero-order valence-corrected chi connectivity index (χ0v) is 15.9. The average molecular weight is 444 g/mol. The van der Waals surface area contributed by atoms with E-state index in [1.165, 1.54) is 36.4 Å². The Morgan fingerprint density at radius 1 is 0.750 bits per heavy atom. The summed E-state index contributed by atoms with van der Waals surface area (Å²) >= 11 is 3.33. The first-order valence-electron chi connectivity index (χ1n) is 8.33. The first-order valence-corrected chi connectivity index (χ1v) is 9.13. The zero-order valence-electron chi connectivity index (χ0n) is 14.3. The fourth-order valence-corrected chi connectivity index (χ4v) is 3.19. The van der Waals surface area contributed by atoms with Gasteiger partial charge < -0.3 is 5.32 Å². The normalized spacial score (nSPS) is 10.9. The van der Waals surface area contributed by atoms with Crippen LogP contribution < -0.4 is 5.32 Å². The minimum atomic E-state index is -0.364. The minimum Gasteiger partial charge on any atom is -0.339 e. The van der Waals surface area contributed by atoms with Crippen LogP contribution in [0.15, 0.2) is 77.3 Å². The molecule has 0 saturated heterocycles. The van der Waals surface area contributed by atoms with Gasteiger partial charge in [0.05, 0.1) is 17.1 Å². The van der Waals surface area contributed by atoms with Gasteiger partial charge in [0.15, 0.2) is 0 Å². The van der Waals surface area contributed by atoms with E-state index < -0.39 is 0 Å². The molecule has 140 valence electrons. The van der Waals surface area contributed by atoms with Gasteiger partial charge in [-0.05, 0) is 82.7 Å². The van der Waals surface area contributed by atoms with Crippen LogP contribution in [0, 0.1) is 17.5 Å². The molecule has 0 aliphatic carbocycles. The van der Waals surface area contributed by atoms with Crippen molar-refractivity contribution >= 4 is 27.4 Å². The maximum Gasteiger partial charge on any atom is 0.134 e.